The fraction of sp³-hybridized carbons (Fsp3) is 0.385. The van der Waals surface area contributed by atoms with Gasteiger partial charge in [-0.15, -0.1) is 0 Å². The Morgan fingerprint density at radius 3 is 2.50 bits per heavy atom. The van der Waals surface area contributed by atoms with Crippen molar-refractivity contribution in [3.8, 4) is 0 Å². The number of benzene rings is 1. The van der Waals surface area contributed by atoms with Gasteiger partial charge in [0.25, 0.3) is 5.54 Å². The Morgan fingerprint density at radius 2 is 1.94 bits per heavy atom. The van der Waals surface area contributed by atoms with Crippen molar-refractivity contribution in [2.45, 2.75) is 18.8 Å². The molecule has 5 heteroatoms. The van der Waals surface area contributed by atoms with Gasteiger partial charge in [0.15, 0.2) is 6.29 Å². The Morgan fingerprint density at radius 1 is 1.33 bits per heavy atom. The number of hydrogen-bond acceptors (Lipinski definition) is 4. The van der Waals surface area contributed by atoms with Gasteiger partial charge in [-0.05, 0) is 11.6 Å². The predicted octanol–water partition coefficient (Wildman–Crippen LogP) is 2.11. The molecule has 0 atom stereocenters. The molecule has 0 N–H and O–H groups in total. The minimum absolute atomic E-state index is 0.0593. The van der Waals surface area contributed by atoms with E-state index >= 15 is 0 Å². The summed E-state index contributed by atoms with van der Waals surface area (Å²) in [6, 6.07) is 9.73. The second-order valence-electron chi connectivity index (χ2n) is 4.51. The molecule has 0 aliphatic carbocycles. The van der Waals surface area contributed by atoms with Crippen LogP contribution in [0.2, 0.25) is 0 Å². The fourth-order valence-electron chi connectivity index (χ4n) is 1.58. The van der Waals surface area contributed by atoms with Crippen LogP contribution < -0.4 is 0 Å². The highest BCUT2D eigenvalue weighted by atomic mass is 16.7. The predicted molar refractivity (Wildman–Crippen MR) is 66.6 cm³/mol. The third-order valence-electron chi connectivity index (χ3n) is 2.80. The summed E-state index contributed by atoms with van der Waals surface area (Å²) < 4.78 is 10.7. The SMILES string of the molecule is CC1([N+](=O)[O-])COC(/C=C\c2ccccc2)OC1. The van der Waals surface area contributed by atoms with Gasteiger partial charge in [-0.3, -0.25) is 10.1 Å². The number of nitro groups is 1. The Hall–Kier alpha value is -1.72. The minimum Gasteiger partial charge on any atom is -0.341 e. The first-order chi connectivity index (χ1) is 8.60. The van der Waals surface area contributed by atoms with Crippen molar-refractivity contribution in [3.05, 3.63) is 52.1 Å². The van der Waals surface area contributed by atoms with Crippen molar-refractivity contribution < 1.29 is 14.4 Å². The van der Waals surface area contributed by atoms with Crippen molar-refractivity contribution in [1.82, 2.24) is 0 Å². The summed E-state index contributed by atoms with van der Waals surface area (Å²) in [5.41, 5.74) is -0.107. The zero-order valence-corrected chi connectivity index (χ0v) is 10.1. The maximum absolute atomic E-state index is 10.8. The molecule has 1 fully saturated rings. The van der Waals surface area contributed by atoms with E-state index in [-0.39, 0.29) is 18.1 Å². The lowest BCUT2D eigenvalue weighted by atomic mass is 10.1. The van der Waals surface area contributed by atoms with E-state index in [0.29, 0.717) is 0 Å². The lowest BCUT2D eigenvalue weighted by molar-refractivity contribution is -0.585. The summed E-state index contributed by atoms with van der Waals surface area (Å²) in [6.45, 7) is 1.64. The molecule has 1 aliphatic heterocycles. The maximum Gasteiger partial charge on any atom is 0.265 e. The van der Waals surface area contributed by atoms with Gasteiger partial charge < -0.3 is 9.47 Å². The van der Waals surface area contributed by atoms with E-state index in [1.807, 2.05) is 36.4 Å². The first-order valence-corrected chi connectivity index (χ1v) is 5.71. The molecule has 0 unspecified atom stereocenters. The van der Waals surface area contributed by atoms with Gasteiger partial charge in [-0.25, -0.2) is 0 Å². The van der Waals surface area contributed by atoms with Gasteiger partial charge in [-0.2, -0.15) is 0 Å². The largest absolute Gasteiger partial charge is 0.341 e. The lowest BCUT2D eigenvalue weighted by Crippen LogP contribution is -2.50. The molecule has 0 bridgehead atoms. The second-order valence-corrected chi connectivity index (χ2v) is 4.51. The first-order valence-electron chi connectivity index (χ1n) is 5.71. The van der Waals surface area contributed by atoms with E-state index in [1.54, 1.807) is 6.08 Å². The Kier molecular flexibility index (Phi) is 3.74. The van der Waals surface area contributed by atoms with E-state index in [2.05, 4.69) is 0 Å². The molecule has 5 nitrogen and oxygen atoms in total. The summed E-state index contributed by atoms with van der Waals surface area (Å²) in [6.07, 6.45) is 3.12. The van der Waals surface area contributed by atoms with Crippen LogP contribution in [0.5, 0.6) is 0 Å². The van der Waals surface area contributed by atoms with Crippen LogP contribution >= 0.6 is 0 Å². The van der Waals surface area contributed by atoms with Crippen molar-refractivity contribution in [1.29, 1.82) is 0 Å². The molecule has 0 aromatic heterocycles. The Balaban J connectivity index is 1.91. The Bertz CT molecular complexity index is 436. The average molecular weight is 249 g/mol. The van der Waals surface area contributed by atoms with Crippen LogP contribution in [-0.4, -0.2) is 30.0 Å². The molecule has 0 saturated carbocycles. The average Bonchev–Trinajstić information content (AvgIpc) is 2.39. The molecule has 1 aromatic carbocycles. The number of hydrogen-bond donors (Lipinski definition) is 0. The van der Waals surface area contributed by atoms with Gasteiger partial charge in [0.2, 0.25) is 0 Å². The summed E-state index contributed by atoms with van der Waals surface area (Å²) in [5.74, 6) is 0. The molecule has 1 aromatic rings. The number of nitrogens with zero attached hydrogens (tertiary/aromatic N) is 1. The summed E-state index contributed by atoms with van der Waals surface area (Å²) in [7, 11) is 0. The molecule has 0 spiro atoms. The number of ether oxygens (including phenoxy) is 2. The van der Waals surface area contributed by atoms with Gasteiger partial charge >= 0.3 is 0 Å². The highest BCUT2D eigenvalue weighted by molar-refractivity contribution is 5.48. The van der Waals surface area contributed by atoms with E-state index in [9.17, 15) is 10.1 Å². The second kappa shape index (κ2) is 5.29. The lowest BCUT2D eigenvalue weighted by Gasteiger charge is -2.29. The standard InChI is InChI=1S/C13H15NO4/c1-13(14(15)16)9-17-12(18-10-13)8-7-11-5-3-2-4-6-11/h2-8,12H,9-10H2,1H3/b8-7-. The topological polar surface area (TPSA) is 61.6 Å². The van der Waals surface area contributed by atoms with Gasteiger partial charge in [-0.1, -0.05) is 36.4 Å². The molecule has 1 saturated heterocycles. The molecule has 0 amide bonds. The molecule has 1 aliphatic rings. The normalized spacial score (nSPS) is 28.4. The maximum atomic E-state index is 10.8. The zero-order valence-electron chi connectivity index (χ0n) is 10.1. The molecular formula is C13H15NO4. The quantitative estimate of drug-likeness (QED) is 0.608. The third-order valence-corrected chi connectivity index (χ3v) is 2.80. The first kappa shape index (κ1) is 12.7. The van der Waals surface area contributed by atoms with Crippen molar-refractivity contribution >= 4 is 6.08 Å². The van der Waals surface area contributed by atoms with Crippen LogP contribution in [0.4, 0.5) is 0 Å². The van der Waals surface area contributed by atoms with Crippen molar-refractivity contribution in [3.63, 3.8) is 0 Å². The van der Waals surface area contributed by atoms with Gasteiger partial charge in [0, 0.05) is 11.8 Å². The number of rotatable bonds is 3. The van der Waals surface area contributed by atoms with Crippen LogP contribution in [0.25, 0.3) is 6.08 Å². The monoisotopic (exact) mass is 249 g/mol. The smallest absolute Gasteiger partial charge is 0.265 e. The highest BCUT2D eigenvalue weighted by Gasteiger charge is 2.42. The van der Waals surface area contributed by atoms with Crippen LogP contribution in [0.1, 0.15) is 12.5 Å². The van der Waals surface area contributed by atoms with E-state index in [1.165, 1.54) is 6.92 Å². The minimum atomic E-state index is -1.14. The third kappa shape index (κ3) is 2.94. The van der Waals surface area contributed by atoms with Gasteiger partial charge in [0.1, 0.15) is 13.2 Å². The van der Waals surface area contributed by atoms with Crippen molar-refractivity contribution in [2.75, 3.05) is 13.2 Å². The molecule has 0 radical (unpaired) electrons. The molecule has 2 rings (SSSR count). The van der Waals surface area contributed by atoms with E-state index in [0.717, 1.165) is 5.56 Å². The summed E-state index contributed by atoms with van der Waals surface area (Å²) in [4.78, 5) is 10.4. The van der Waals surface area contributed by atoms with Crippen LogP contribution in [0.15, 0.2) is 36.4 Å². The zero-order chi connectivity index (χ0) is 13.0. The van der Waals surface area contributed by atoms with E-state index < -0.39 is 11.8 Å². The summed E-state index contributed by atoms with van der Waals surface area (Å²) in [5, 5.41) is 10.8. The fourth-order valence-corrected chi connectivity index (χ4v) is 1.58. The molecule has 1 heterocycles. The van der Waals surface area contributed by atoms with Crippen LogP contribution in [0.3, 0.4) is 0 Å². The Labute approximate surface area is 105 Å². The van der Waals surface area contributed by atoms with Gasteiger partial charge in [0.05, 0.1) is 0 Å². The highest BCUT2D eigenvalue weighted by Crippen LogP contribution is 2.19. The van der Waals surface area contributed by atoms with E-state index in [4.69, 9.17) is 9.47 Å². The van der Waals surface area contributed by atoms with Crippen LogP contribution in [0, 0.1) is 10.1 Å². The van der Waals surface area contributed by atoms with Crippen molar-refractivity contribution in [2.24, 2.45) is 0 Å². The summed E-state index contributed by atoms with van der Waals surface area (Å²) >= 11 is 0. The molecule has 18 heavy (non-hydrogen) atoms. The van der Waals surface area contributed by atoms with Crippen LogP contribution in [-0.2, 0) is 9.47 Å². The molecular weight excluding hydrogens is 234 g/mol. The molecule has 96 valence electrons.